The molecule has 5 heteroatoms. The number of aryl methyl sites for hydroxylation is 1. The number of hydrogen-bond donors (Lipinski definition) is 1. The zero-order chi connectivity index (χ0) is 18.1. The monoisotopic (exact) mass is 361 g/mol. The van der Waals surface area contributed by atoms with Gasteiger partial charge < -0.3 is 14.8 Å². The maximum absolute atomic E-state index is 12.1. The smallest absolute Gasteiger partial charge is 0.260 e. The lowest BCUT2D eigenvalue weighted by atomic mass is 10.1. The minimum atomic E-state index is -0.575. The number of rotatable bonds is 9. The standard InChI is InChI=1S/C20H24ClNO3/c1-3-24-19-12-5-4-8-16(19)9-7-13-22-20(23)15(2)25-18-11-6-10-17(21)14-18/h4-6,8,10-12,14-15H,3,7,9,13H2,1-2H3,(H,22,23)/t15-/m1/s1. The second-order valence-electron chi connectivity index (χ2n) is 5.65. The van der Waals surface area contributed by atoms with Gasteiger partial charge in [0, 0.05) is 11.6 Å². The molecule has 134 valence electrons. The molecule has 0 saturated heterocycles. The summed E-state index contributed by atoms with van der Waals surface area (Å²) in [6, 6.07) is 15.0. The summed E-state index contributed by atoms with van der Waals surface area (Å²) in [6.07, 6.45) is 1.11. The maximum Gasteiger partial charge on any atom is 0.260 e. The average molecular weight is 362 g/mol. The summed E-state index contributed by atoms with van der Waals surface area (Å²) in [5.41, 5.74) is 1.15. The first-order valence-electron chi connectivity index (χ1n) is 8.50. The van der Waals surface area contributed by atoms with Crippen LogP contribution in [0.4, 0.5) is 0 Å². The fourth-order valence-corrected chi connectivity index (χ4v) is 2.62. The topological polar surface area (TPSA) is 47.6 Å². The van der Waals surface area contributed by atoms with Crippen LogP contribution in [0.15, 0.2) is 48.5 Å². The van der Waals surface area contributed by atoms with Gasteiger partial charge in [-0.1, -0.05) is 35.9 Å². The molecule has 2 aromatic rings. The molecule has 0 heterocycles. The Morgan fingerprint density at radius 1 is 1.20 bits per heavy atom. The predicted octanol–water partition coefficient (Wildman–Crippen LogP) is 4.26. The van der Waals surface area contributed by atoms with E-state index < -0.39 is 6.10 Å². The van der Waals surface area contributed by atoms with Crippen LogP contribution < -0.4 is 14.8 Å². The van der Waals surface area contributed by atoms with Crippen molar-refractivity contribution in [1.29, 1.82) is 0 Å². The quantitative estimate of drug-likeness (QED) is 0.679. The number of carbonyl (C=O) groups is 1. The van der Waals surface area contributed by atoms with Gasteiger partial charge in [0.15, 0.2) is 6.10 Å². The molecular weight excluding hydrogens is 338 g/mol. The summed E-state index contributed by atoms with van der Waals surface area (Å²) in [5, 5.41) is 3.48. The van der Waals surface area contributed by atoms with Crippen molar-refractivity contribution >= 4 is 17.5 Å². The summed E-state index contributed by atoms with van der Waals surface area (Å²) in [4.78, 5) is 12.1. The van der Waals surface area contributed by atoms with E-state index in [2.05, 4.69) is 11.4 Å². The van der Waals surface area contributed by atoms with E-state index in [9.17, 15) is 4.79 Å². The fraction of sp³-hybridized carbons (Fsp3) is 0.350. The van der Waals surface area contributed by atoms with Crippen LogP contribution >= 0.6 is 11.6 Å². The molecule has 1 N–H and O–H groups in total. The molecule has 25 heavy (non-hydrogen) atoms. The Labute approximate surface area is 154 Å². The molecule has 0 fully saturated rings. The fourth-order valence-electron chi connectivity index (χ4n) is 2.44. The van der Waals surface area contributed by atoms with Gasteiger partial charge in [0.1, 0.15) is 11.5 Å². The Balaban J connectivity index is 1.75. The van der Waals surface area contributed by atoms with Gasteiger partial charge >= 0.3 is 0 Å². The first-order chi connectivity index (χ1) is 12.1. The molecule has 0 radical (unpaired) electrons. The molecular formula is C20H24ClNO3. The zero-order valence-electron chi connectivity index (χ0n) is 14.6. The highest BCUT2D eigenvalue weighted by Gasteiger charge is 2.14. The molecule has 2 rings (SSSR count). The molecule has 0 saturated carbocycles. The minimum Gasteiger partial charge on any atom is -0.494 e. The molecule has 2 aromatic carbocycles. The van der Waals surface area contributed by atoms with E-state index in [0.29, 0.717) is 23.9 Å². The third-order valence-electron chi connectivity index (χ3n) is 3.67. The van der Waals surface area contributed by atoms with Crippen molar-refractivity contribution in [1.82, 2.24) is 5.32 Å². The molecule has 0 bridgehead atoms. The average Bonchev–Trinajstić information content (AvgIpc) is 2.60. The second kappa shape index (κ2) is 9.94. The van der Waals surface area contributed by atoms with Gasteiger partial charge in [0.25, 0.3) is 5.91 Å². The number of para-hydroxylation sites is 1. The van der Waals surface area contributed by atoms with E-state index in [0.717, 1.165) is 24.2 Å². The van der Waals surface area contributed by atoms with Crippen LogP contribution in [0.1, 0.15) is 25.8 Å². The number of halogens is 1. The zero-order valence-corrected chi connectivity index (χ0v) is 15.4. The van der Waals surface area contributed by atoms with Gasteiger partial charge in [-0.15, -0.1) is 0 Å². The SMILES string of the molecule is CCOc1ccccc1CCCNC(=O)[C@@H](C)Oc1cccc(Cl)c1. The van der Waals surface area contributed by atoms with Crippen molar-refractivity contribution in [2.45, 2.75) is 32.8 Å². The predicted molar refractivity (Wildman–Crippen MR) is 100 cm³/mol. The first kappa shape index (κ1) is 19.1. The number of amides is 1. The van der Waals surface area contributed by atoms with Crippen LogP contribution in [-0.2, 0) is 11.2 Å². The number of benzene rings is 2. The van der Waals surface area contributed by atoms with Crippen LogP contribution in [0, 0.1) is 0 Å². The molecule has 4 nitrogen and oxygen atoms in total. The van der Waals surface area contributed by atoms with Gasteiger partial charge in [0.2, 0.25) is 0 Å². The Morgan fingerprint density at radius 3 is 2.76 bits per heavy atom. The van der Waals surface area contributed by atoms with Crippen molar-refractivity contribution in [2.24, 2.45) is 0 Å². The maximum atomic E-state index is 12.1. The van der Waals surface area contributed by atoms with Crippen molar-refractivity contribution in [2.75, 3.05) is 13.2 Å². The van der Waals surface area contributed by atoms with E-state index in [4.69, 9.17) is 21.1 Å². The first-order valence-corrected chi connectivity index (χ1v) is 8.88. The van der Waals surface area contributed by atoms with Crippen molar-refractivity contribution in [3.05, 3.63) is 59.1 Å². The summed E-state index contributed by atoms with van der Waals surface area (Å²) in [5.74, 6) is 1.35. The van der Waals surface area contributed by atoms with Gasteiger partial charge in [-0.3, -0.25) is 4.79 Å². The Hall–Kier alpha value is -2.20. The number of nitrogens with one attached hydrogen (secondary N) is 1. The van der Waals surface area contributed by atoms with E-state index in [-0.39, 0.29) is 5.91 Å². The lowest BCUT2D eigenvalue weighted by molar-refractivity contribution is -0.127. The van der Waals surface area contributed by atoms with Crippen molar-refractivity contribution in [3.8, 4) is 11.5 Å². The largest absolute Gasteiger partial charge is 0.494 e. The number of carbonyl (C=O) groups excluding carboxylic acids is 1. The summed E-state index contributed by atoms with van der Waals surface area (Å²) in [7, 11) is 0. The van der Waals surface area contributed by atoms with Gasteiger partial charge in [-0.25, -0.2) is 0 Å². The molecule has 1 amide bonds. The number of ether oxygens (including phenoxy) is 2. The van der Waals surface area contributed by atoms with Crippen LogP contribution in [0.2, 0.25) is 5.02 Å². The Morgan fingerprint density at radius 2 is 2.00 bits per heavy atom. The summed E-state index contributed by atoms with van der Waals surface area (Å²) >= 11 is 5.91. The van der Waals surface area contributed by atoms with E-state index in [1.807, 2.05) is 25.1 Å². The van der Waals surface area contributed by atoms with Gasteiger partial charge in [-0.2, -0.15) is 0 Å². The van der Waals surface area contributed by atoms with Gasteiger partial charge in [-0.05, 0) is 56.5 Å². The molecule has 0 aliphatic carbocycles. The minimum absolute atomic E-state index is 0.141. The third-order valence-corrected chi connectivity index (χ3v) is 3.91. The van der Waals surface area contributed by atoms with Crippen LogP contribution in [0.25, 0.3) is 0 Å². The molecule has 0 aliphatic rings. The second-order valence-corrected chi connectivity index (χ2v) is 6.09. The van der Waals surface area contributed by atoms with Crippen molar-refractivity contribution < 1.29 is 14.3 Å². The van der Waals surface area contributed by atoms with Gasteiger partial charge in [0.05, 0.1) is 6.61 Å². The lowest BCUT2D eigenvalue weighted by Gasteiger charge is -2.15. The molecule has 0 spiro atoms. The Kier molecular flexibility index (Phi) is 7.61. The summed E-state index contributed by atoms with van der Waals surface area (Å²) < 4.78 is 11.2. The number of hydrogen-bond acceptors (Lipinski definition) is 3. The van der Waals surface area contributed by atoms with Crippen LogP contribution in [0.3, 0.4) is 0 Å². The highest BCUT2D eigenvalue weighted by atomic mass is 35.5. The third kappa shape index (κ3) is 6.31. The molecule has 0 aromatic heterocycles. The van der Waals surface area contributed by atoms with E-state index in [1.54, 1.807) is 31.2 Å². The molecule has 1 atom stereocenters. The molecule has 0 aliphatic heterocycles. The van der Waals surface area contributed by atoms with E-state index >= 15 is 0 Å². The van der Waals surface area contributed by atoms with E-state index in [1.165, 1.54) is 0 Å². The summed E-state index contributed by atoms with van der Waals surface area (Å²) in [6.45, 7) is 4.92. The highest BCUT2D eigenvalue weighted by molar-refractivity contribution is 6.30. The normalized spacial score (nSPS) is 11.6. The lowest BCUT2D eigenvalue weighted by Crippen LogP contribution is -2.36. The van der Waals surface area contributed by atoms with Crippen molar-refractivity contribution in [3.63, 3.8) is 0 Å². The van der Waals surface area contributed by atoms with Crippen LogP contribution in [-0.4, -0.2) is 25.2 Å². The molecule has 0 unspecified atom stereocenters. The van der Waals surface area contributed by atoms with Crippen LogP contribution in [0.5, 0.6) is 11.5 Å². The highest BCUT2D eigenvalue weighted by Crippen LogP contribution is 2.20. The Bertz CT molecular complexity index is 690.